The molecule has 0 bridgehead atoms. The van der Waals surface area contributed by atoms with Crippen molar-refractivity contribution >= 4 is 18.0 Å². The first kappa shape index (κ1) is 14.8. The molecule has 0 spiro atoms. The molecule has 6 heteroatoms. The highest BCUT2D eigenvalue weighted by Crippen LogP contribution is 2.32. The van der Waals surface area contributed by atoms with E-state index in [4.69, 9.17) is 4.74 Å². The zero-order chi connectivity index (χ0) is 14.9. The molecule has 2 fully saturated rings. The van der Waals surface area contributed by atoms with E-state index in [0.29, 0.717) is 6.54 Å². The van der Waals surface area contributed by atoms with Crippen LogP contribution in [0.4, 0.5) is 4.79 Å². The Bertz CT molecular complexity index is 410. The number of carbonyl (C=O) groups is 3. The maximum Gasteiger partial charge on any atom is 0.410 e. The minimum absolute atomic E-state index is 0.110. The van der Waals surface area contributed by atoms with Gasteiger partial charge in [0.25, 0.3) is 0 Å². The van der Waals surface area contributed by atoms with Gasteiger partial charge in [-0.15, -0.1) is 0 Å². The number of ether oxygens (including phenoxy) is 2. The zero-order valence-corrected chi connectivity index (χ0v) is 12.2. The second-order valence-electron chi connectivity index (χ2n) is 6.40. The fourth-order valence-electron chi connectivity index (χ4n) is 2.81. The Hall–Kier alpha value is -1.59. The second-order valence-corrected chi connectivity index (χ2v) is 6.40. The molecule has 0 saturated carbocycles. The van der Waals surface area contributed by atoms with Gasteiger partial charge in [-0.1, -0.05) is 0 Å². The molecule has 0 aromatic heterocycles. The smallest absolute Gasteiger partial charge is 0.410 e. The highest BCUT2D eigenvalue weighted by molar-refractivity contribution is 5.88. The Morgan fingerprint density at radius 1 is 1.25 bits per heavy atom. The molecule has 20 heavy (non-hydrogen) atoms. The van der Waals surface area contributed by atoms with Crippen molar-refractivity contribution in [3.8, 4) is 0 Å². The van der Waals surface area contributed by atoms with E-state index in [0.717, 1.165) is 12.8 Å². The summed E-state index contributed by atoms with van der Waals surface area (Å²) in [6.45, 7) is 6.06. The van der Waals surface area contributed by atoms with Crippen LogP contribution in [0.5, 0.6) is 0 Å². The lowest BCUT2D eigenvalue weighted by Crippen LogP contribution is -2.45. The molecule has 2 saturated heterocycles. The third-order valence-corrected chi connectivity index (χ3v) is 3.56. The van der Waals surface area contributed by atoms with Crippen LogP contribution in [-0.4, -0.2) is 41.1 Å². The lowest BCUT2D eigenvalue weighted by atomic mass is 9.89. The molecule has 0 N–H and O–H groups in total. The van der Waals surface area contributed by atoms with Gasteiger partial charge in [0, 0.05) is 18.5 Å². The Balaban J connectivity index is 2.05. The first-order chi connectivity index (χ1) is 9.26. The number of likely N-dealkylation sites (tertiary alicyclic amines) is 1. The van der Waals surface area contributed by atoms with Gasteiger partial charge in [0.2, 0.25) is 0 Å². The molecule has 2 heterocycles. The molecule has 2 rings (SSSR count). The van der Waals surface area contributed by atoms with E-state index < -0.39 is 17.5 Å². The van der Waals surface area contributed by atoms with Crippen molar-refractivity contribution in [1.29, 1.82) is 0 Å². The Labute approximate surface area is 118 Å². The van der Waals surface area contributed by atoms with Crippen molar-refractivity contribution in [1.82, 2.24) is 4.90 Å². The molecule has 0 radical (unpaired) electrons. The Kier molecular flexibility index (Phi) is 4.01. The monoisotopic (exact) mass is 283 g/mol. The highest BCUT2D eigenvalue weighted by atomic mass is 16.6. The van der Waals surface area contributed by atoms with Crippen LogP contribution in [-0.2, 0) is 19.1 Å². The minimum Gasteiger partial charge on any atom is -0.444 e. The predicted octanol–water partition coefficient (Wildman–Crippen LogP) is 1.87. The van der Waals surface area contributed by atoms with Crippen LogP contribution in [0.25, 0.3) is 0 Å². The topological polar surface area (TPSA) is 72.9 Å². The van der Waals surface area contributed by atoms with Crippen LogP contribution in [0.2, 0.25) is 0 Å². The fourth-order valence-corrected chi connectivity index (χ4v) is 2.81. The predicted molar refractivity (Wildman–Crippen MR) is 69.8 cm³/mol. The van der Waals surface area contributed by atoms with Crippen LogP contribution >= 0.6 is 0 Å². The number of hydrogen-bond donors (Lipinski definition) is 0. The molecule has 1 unspecified atom stereocenters. The Morgan fingerprint density at radius 2 is 1.85 bits per heavy atom. The van der Waals surface area contributed by atoms with Gasteiger partial charge in [-0.05, 0) is 33.6 Å². The minimum atomic E-state index is -0.550. The molecule has 0 aliphatic carbocycles. The van der Waals surface area contributed by atoms with Gasteiger partial charge in [0.1, 0.15) is 5.60 Å². The summed E-state index contributed by atoms with van der Waals surface area (Å²) < 4.78 is 9.92. The fraction of sp³-hybridized carbons (Fsp3) is 0.786. The van der Waals surface area contributed by atoms with Gasteiger partial charge >= 0.3 is 18.0 Å². The third-order valence-electron chi connectivity index (χ3n) is 3.56. The van der Waals surface area contributed by atoms with E-state index in [1.165, 1.54) is 0 Å². The molecular formula is C14H21NO5. The van der Waals surface area contributed by atoms with E-state index >= 15 is 0 Å². The van der Waals surface area contributed by atoms with E-state index in [1.54, 1.807) is 4.90 Å². The number of esters is 2. The normalized spacial score (nSPS) is 24.8. The summed E-state index contributed by atoms with van der Waals surface area (Å²) in [4.78, 5) is 36.6. The van der Waals surface area contributed by atoms with Crippen molar-refractivity contribution in [2.24, 2.45) is 5.92 Å². The van der Waals surface area contributed by atoms with Crippen molar-refractivity contribution in [2.75, 3.05) is 6.54 Å². The second kappa shape index (κ2) is 5.42. The van der Waals surface area contributed by atoms with Crippen molar-refractivity contribution in [3.05, 3.63) is 0 Å². The molecule has 112 valence electrons. The van der Waals surface area contributed by atoms with Crippen LogP contribution in [0.15, 0.2) is 0 Å². The number of carbonyl (C=O) groups excluding carboxylic acids is 3. The molecule has 0 aromatic rings. The lowest BCUT2D eigenvalue weighted by molar-refractivity contribution is -0.166. The first-order valence-electron chi connectivity index (χ1n) is 6.99. The summed E-state index contributed by atoms with van der Waals surface area (Å²) >= 11 is 0. The van der Waals surface area contributed by atoms with Crippen molar-refractivity contribution < 1.29 is 23.9 Å². The van der Waals surface area contributed by atoms with Gasteiger partial charge in [0.05, 0.1) is 12.8 Å². The number of nitrogens with zero attached hydrogens (tertiary/aromatic N) is 1. The number of cyclic esters (lactones) is 2. The van der Waals surface area contributed by atoms with Gasteiger partial charge < -0.3 is 14.4 Å². The summed E-state index contributed by atoms with van der Waals surface area (Å²) in [6.07, 6.45) is 1.67. The maximum absolute atomic E-state index is 12.2. The number of rotatable bonds is 1. The largest absolute Gasteiger partial charge is 0.444 e. The summed E-state index contributed by atoms with van der Waals surface area (Å²) in [7, 11) is 0. The third kappa shape index (κ3) is 3.49. The summed E-state index contributed by atoms with van der Waals surface area (Å²) in [6, 6.07) is -0.110. The highest BCUT2D eigenvalue weighted by Gasteiger charge is 2.41. The molecular weight excluding hydrogens is 262 g/mol. The maximum atomic E-state index is 12.2. The van der Waals surface area contributed by atoms with E-state index in [1.807, 2.05) is 20.8 Å². The molecule has 0 aromatic carbocycles. The van der Waals surface area contributed by atoms with Crippen molar-refractivity contribution in [2.45, 2.75) is 58.1 Å². The number of hydrogen-bond acceptors (Lipinski definition) is 5. The van der Waals surface area contributed by atoms with Crippen LogP contribution in [0.1, 0.15) is 46.5 Å². The van der Waals surface area contributed by atoms with Gasteiger partial charge in [-0.25, -0.2) is 4.79 Å². The quantitative estimate of drug-likeness (QED) is 0.542. The standard InChI is InChI=1S/C14H21NO5/c1-14(2,3)20-13(18)15-6-4-5-10(15)9-7-11(16)19-12(17)8-9/h9-10H,4-8H2,1-3H3. The zero-order valence-electron chi connectivity index (χ0n) is 12.2. The molecule has 6 nitrogen and oxygen atoms in total. The van der Waals surface area contributed by atoms with Gasteiger partial charge in [-0.3, -0.25) is 9.59 Å². The van der Waals surface area contributed by atoms with Gasteiger partial charge in [-0.2, -0.15) is 0 Å². The van der Waals surface area contributed by atoms with Crippen LogP contribution in [0.3, 0.4) is 0 Å². The van der Waals surface area contributed by atoms with Crippen LogP contribution in [0, 0.1) is 5.92 Å². The van der Waals surface area contributed by atoms with E-state index in [-0.39, 0.29) is 30.9 Å². The SMILES string of the molecule is CC(C)(C)OC(=O)N1CCCC1C1CC(=O)OC(=O)C1. The number of amides is 1. The van der Waals surface area contributed by atoms with E-state index in [2.05, 4.69) is 4.74 Å². The van der Waals surface area contributed by atoms with Crippen LogP contribution < -0.4 is 0 Å². The Morgan fingerprint density at radius 3 is 2.40 bits per heavy atom. The summed E-state index contributed by atoms with van der Waals surface area (Å²) in [5.74, 6) is -1.15. The summed E-state index contributed by atoms with van der Waals surface area (Å²) in [5, 5.41) is 0. The summed E-state index contributed by atoms with van der Waals surface area (Å²) in [5.41, 5.74) is -0.550. The molecule has 1 atom stereocenters. The van der Waals surface area contributed by atoms with Gasteiger partial charge in [0.15, 0.2) is 0 Å². The molecule has 2 aliphatic rings. The lowest BCUT2D eigenvalue weighted by Gasteiger charge is -2.33. The molecule has 2 aliphatic heterocycles. The average molecular weight is 283 g/mol. The molecule has 1 amide bonds. The average Bonchev–Trinajstić information content (AvgIpc) is 2.73. The van der Waals surface area contributed by atoms with E-state index in [9.17, 15) is 14.4 Å². The first-order valence-corrected chi connectivity index (χ1v) is 6.99. The van der Waals surface area contributed by atoms with Crippen molar-refractivity contribution in [3.63, 3.8) is 0 Å².